The Bertz CT molecular complexity index is 617. The number of nitrogens with zero attached hydrogens (tertiary/aromatic N) is 1. The maximum atomic E-state index is 12.3. The van der Waals surface area contributed by atoms with Crippen LogP contribution < -0.4 is 10.5 Å². The lowest BCUT2D eigenvalue weighted by Gasteiger charge is -2.22. The zero-order valence-corrected chi connectivity index (χ0v) is 14.8. The fourth-order valence-electron chi connectivity index (χ4n) is 2.39. The van der Waals surface area contributed by atoms with E-state index in [9.17, 15) is 9.59 Å². The van der Waals surface area contributed by atoms with Gasteiger partial charge in [-0.1, -0.05) is 18.5 Å². The Balaban J connectivity index is 1.98. The first-order valence-electron chi connectivity index (χ1n) is 8.04. The highest BCUT2D eigenvalue weighted by Gasteiger charge is 2.27. The Morgan fingerprint density at radius 3 is 2.67 bits per heavy atom. The van der Waals surface area contributed by atoms with Crippen LogP contribution in [-0.4, -0.2) is 43.6 Å². The van der Waals surface area contributed by atoms with Crippen LogP contribution in [0.2, 0.25) is 5.02 Å². The molecule has 2 N–H and O–H groups in total. The molecular weight excluding hydrogens is 332 g/mol. The number of hydrogen-bond donors (Lipinski definition) is 1. The number of esters is 1. The molecule has 0 unspecified atom stereocenters. The number of carbonyl (C=O) groups excluding carboxylic acids is 2. The Morgan fingerprint density at radius 1 is 1.38 bits per heavy atom. The molecule has 24 heavy (non-hydrogen) atoms. The fourth-order valence-corrected chi connectivity index (χ4v) is 2.56. The zero-order chi connectivity index (χ0) is 17.7. The monoisotopic (exact) mass is 354 g/mol. The van der Waals surface area contributed by atoms with E-state index in [0.717, 1.165) is 25.8 Å². The summed E-state index contributed by atoms with van der Waals surface area (Å²) in [4.78, 5) is 26.3. The number of amides is 1. The van der Waals surface area contributed by atoms with Crippen molar-refractivity contribution < 1.29 is 19.1 Å². The molecule has 0 aromatic heterocycles. The van der Waals surface area contributed by atoms with Gasteiger partial charge in [0.15, 0.2) is 6.61 Å². The molecule has 1 fully saturated rings. The van der Waals surface area contributed by atoms with E-state index in [2.05, 4.69) is 0 Å². The predicted molar refractivity (Wildman–Crippen MR) is 92.3 cm³/mol. The number of rotatable bonds is 8. The lowest BCUT2D eigenvalue weighted by Crippen LogP contribution is -2.36. The lowest BCUT2D eigenvalue weighted by molar-refractivity contribution is -0.134. The average molecular weight is 355 g/mol. The standard InChI is InChI=1S/C17H23ClN2O4/c1-3-6-20(9-11-4-5-11)16(21)10-24-17(22)12-7-13(18)14(19)8-15(12)23-2/h7-8,11H,3-6,9-10,19H2,1-2H3. The van der Waals surface area contributed by atoms with Gasteiger partial charge >= 0.3 is 5.97 Å². The highest BCUT2D eigenvalue weighted by Crippen LogP contribution is 2.30. The van der Waals surface area contributed by atoms with Gasteiger partial charge in [-0.05, 0) is 31.2 Å². The summed E-state index contributed by atoms with van der Waals surface area (Å²) >= 11 is 5.94. The summed E-state index contributed by atoms with van der Waals surface area (Å²) < 4.78 is 10.3. The van der Waals surface area contributed by atoms with Crippen LogP contribution in [0.3, 0.4) is 0 Å². The van der Waals surface area contributed by atoms with Crippen LogP contribution in [0.1, 0.15) is 36.5 Å². The van der Waals surface area contributed by atoms with E-state index in [1.807, 2.05) is 6.92 Å². The smallest absolute Gasteiger partial charge is 0.342 e. The Labute approximate surface area is 146 Å². The highest BCUT2D eigenvalue weighted by atomic mass is 35.5. The molecule has 0 bridgehead atoms. The van der Waals surface area contributed by atoms with E-state index in [1.54, 1.807) is 4.90 Å². The second-order valence-corrected chi connectivity index (χ2v) is 6.34. The van der Waals surface area contributed by atoms with E-state index in [0.29, 0.717) is 18.2 Å². The molecule has 1 aliphatic carbocycles. The Morgan fingerprint density at radius 2 is 2.08 bits per heavy atom. The van der Waals surface area contributed by atoms with Gasteiger partial charge in [0.25, 0.3) is 5.91 Å². The van der Waals surface area contributed by atoms with Crippen molar-refractivity contribution in [3.8, 4) is 5.75 Å². The van der Waals surface area contributed by atoms with Crippen LogP contribution in [0, 0.1) is 5.92 Å². The summed E-state index contributed by atoms with van der Waals surface area (Å²) in [5.74, 6) is 0.00697. The van der Waals surface area contributed by atoms with Gasteiger partial charge in [0.05, 0.1) is 17.8 Å². The van der Waals surface area contributed by atoms with Crippen molar-refractivity contribution in [1.82, 2.24) is 4.90 Å². The van der Waals surface area contributed by atoms with E-state index in [4.69, 9.17) is 26.8 Å². The average Bonchev–Trinajstić information content (AvgIpc) is 3.38. The molecule has 1 amide bonds. The van der Waals surface area contributed by atoms with Crippen LogP contribution in [0.25, 0.3) is 0 Å². The normalized spacial score (nSPS) is 13.5. The Hall–Kier alpha value is -1.95. The van der Waals surface area contributed by atoms with E-state index >= 15 is 0 Å². The van der Waals surface area contributed by atoms with Gasteiger partial charge in [-0.15, -0.1) is 0 Å². The minimum absolute atomic E-state index is 0.147. The summed E-state index contributed by atoms with van der Waals surface area (Å²) in [5.41, 5.74) is 6.14. The van der Waals surface area contributed by atoms with Gasteiger partial charge in [0.2, 0.25) is 0 Å². The van der Waals surface area contributed by atoms with Crippen molar-refractivity contribution in [3.63, 3.8) is 0 Å². The van der Waals surface area contributed by atoms with E-state index in [1.165, 1.54) is 19.2 Å². The minimum atomic E-state index is -0.662. The van der Waals surface area contributed by atoms with E-state index in [-0.39, 0.29) is 28.8 Å². The quantitative estimate of drug-likeness (QED) is 0.573. The van der Waals surface area contributed by atoms with Gasteiger partial charge < -0.3 is 20.1 Å². The molecule has 6 nitrogen and oxygen atoms in total. The van der Waals surface area contributed by atoms with Gasteiger partial charge in [-0.3, -0.25) is 4.79 Å². The zero-order valence-electron chi connectivity index (χ0n) is 14.0. The number of carbonyl (C=O) groups is 2. The molecule has 0 atom stereocenters. The van der Waals surface area contributed by atoms with Gasteiger partial charge in [0.1, 0.15) is 11.3 Å². The third-order valence-electron chi connectivity index (χ3n) is 3.89. The minimum Gasteiger partial charge on any atom is -0.496 e. The van der Waals surface area contributed by atoms with Gasteiger partial charge in [-0.25, -0.2) is 4.79 Å². The fraction of sp³-hybridized carbons (Fsp3) is 0.529. The van der Waals surface area contributed by atoms with Crippen molar-refractivity contribution in [2.45, 2.75) is 26.2 Å². The van der Waals surface area contributed by atoms with Crippen LogP contribution in [0.4, 0.5) is 5.69 Å². The largest absolute Gasteiger partial charge is 0.496 e. The van der Waals surface area contributed by atoms with E-state index < -0.39 is 5.97 Å². The molecular formula is C17H23ClN2O4. The lowest BCUT2D eigenvalue weighted by atomic mass is 10.2. The topological polar surface area (TPSA) is 81.9 Å². The number of methoxy groups -OCH3 is 1. The summed E-state index contributed by atoms with van der Waals surface area (Å²) in [5, 5.41) is 0.232. The van der Waals surface area contributed by atoms with Crippen molar-refractivity contribution in [3.05, 3.63) is 22.7 Å². The number of hydrogen-bond acceptors (Lipinski definition) is 5. The third-order valence-corrected chi connectivity index (χ3v) is 4.21. The number of nitrogen functional groups attached to an aromatic ring is 1. The molecule has 1 aromatic carbocycles. The molecule has 1 saturated carbocycles. The number of nitrogens with two attached hydrogens (primary N) is 1. The molecule has 1 aromatic rings. The Kier molecular flexibility index (Phi) is 6.31. The van der Waals surface area contributed by atoms with Crippen LogP contribution in [0.15, 0.2) is 12.1 Å². The van der Waals surface area contributed by atoms with Crippen LogP contribution in [-0.2, 0) is 9.53 Å². The molecule has 0 heterocycles. The summed E-state index contributed by atoms with van der Waals surface area (Å²) in [7, 11) is 1.42. The molecule has 0 aliphatic heterocycles. The number of halogens is 1. The van der Waals surface area contributed by atoms with Crippen molar-refractivity contribution in [2.75, 3.05) is 32.5 Å². The number of anilines is 1. The van der Waals surface area contributed by atoms with Crippen molar-refractivity contribution >= 4 is 29.2 Å². The van der Waals surface area contributed by atoms with Crippen LogP contribution >= 0.6 is 11.6 Å². The first-order chi connectivity index (χ1) is 11.5. The molecule has 0 spiro atoms. The molecule has 7 heteroatoms. The summed E-state index contributed by atoms with van der Waals surface area (Å²) in [6, 6.07) is 2.84. The van der Waals surface area contributed by atoms with Gasteiger partial charge in [0, 0.05) is 19.2 Å². The first kappa shape index (κ1) is 18.4. The van der Waals surface area contributed by atoms with Crippen LogP contribution in [0.5, 0.6) is 5.75 Å². The summed E-state index contributed by atoms with van der Waals surface area (Å²) in [6.45, 7) is 3.13. The molecule has 0 radical (unpaired) electrons. The molecule has 0 saturated heterocycles. The number of ether oxygens (including phenoxy) is 2. The molecule has 2 rings (SSSR count). The first-order valence-corrected chi connectivity index (χ1v) is 8.42. The maximum Gasteiger partial charge on any atom is 0.342 e. The number of benzene rings is 1. The maximum absolute atomic E-state index is 12.3. The summed E-state index contributed by atoms with van der Waals surface area (Å²) in [6.07, 6.45) is 3.19. The van der Waals surface area contributed by atoms with Crippen molar-refractivity contribution in [1.29, 1.82) is 0 Å². The molecule has 132 valence electrons. The SMILES string of the molecule is CCCN(CC1CC1)C(=O)COC(=O)c1cc(Cl)c(N)cc1OC. The van der Waals surface area contributed by atoms with Gasteiger partial charge in [-0.2, -0.15) is 0 Å². The second kappa shape index (κ2) is 8.24. The second-order valence-electron chi connectivity index (χ2n) is 5.93. The highest BCUT2D eigenvalue weighted by molar-refractivity contribution is 6.33. The predicted octanol–water partition coefficient (Wildman–Crippen LogP) is 2.74. The third kappa shape index (κ3) is 4.77. The van der Waals surface area contributed by atoms with Crippen molar-refractivity contribution in [2.24, 2.45) is 5.92 Å². The molecule has 1 aliphatic rings.